The van der Waals surface area contributed by atoms with E-state index in [4.69, 9.17) is 9.47 Å². The number of anilines is 1. The van der Waals surface area contributed by atoms with Crippen LogP contribution in [0.5, 0.6) is 0 Å². The number of rotatable bonds is 7. The van der Waals surface area contributed by atoms with E-state index in [1.165, 1.54) is 30.4 Å². The average molecular weight is 461 g/mol. The number of nitro benzene ring substituents is 1. The fraction of sp³-hybridized carbons (Fsp3) is 0.318. The van der Waals surface area contributed by atoms with Crippen LogP contribution in [0, 0.1) is 17.0 Å². The molecule has 0 radical (unpaired) electrons. The molecule has 32 heavy (non-hydrogen) atoms. The van der Waals surface area contributed by atoms with Crippen LogP contribution in [0.2, 0.25) is 0 Å². The molecule has 1 aromatic heterocycles. The number of thiophene rings is 1. The van der Waals surface area contributed by atoms with E-state index < -0.39 is 28.4 Å². The molecule has 0 bridgehead atoms. The molecule has 0 aliphatic heterocycles. The molecule has 0 atom stereocenters. The third-order valence-electron chi connectivity index (χ3n) is 3.96. The minimum atomic E-state index is -0.734. The standard InChI is InChI=1S/C22H24N2O7S/c1-6-30-20(26)17-13(2)18(21(27)31-22(3,4)5)32-19(17)23-16(25)11-10-14-8-7-9-15(12-14)24(28)29/h7-12H,6H2,1-5H3,(H,23,25). The molecule has 0 saturated carbocycles. The Morgan fingerprint density at radius 3 is 2.50 bits per heavy atom. The molecule has 170 valence electrons. The summed E-state index contributed by atoms with van der Waals surface area (Å²) in [6.45, 7) is 8.52. The molecule has 1 aromatic carbocycles. The molecule has 10 heteroatoms. The third kappa shape index (κ3) is 6.48. The fourth-order valence-corrected chi connectivity index (χ4v) is 3.71. The first-order valence-electron chi connectivity index (χ1n) is 9.70. The molecule has 0 unspecified atom stereocenters. The summed E-state index contributed by atoms with van der Waals surface area (Å²) in [4.78, 5) is 48.0. The molecule has 2 aromatic rings. The smallest absolute Gasteiger partial charge is 0.349 e. The van der Waals surface area contributed by atoms with Crippen LogP contribution in [0.3, 0.4) is 0 Å². The maximum Gasteiger partial charge on any atom is 0.349 e. The second-order valence-corrected chi connectivity index (χ2v) is 8.68. The summed E-state index contributed by atoms with van der Waals surface area (Å²) >= 11 is 0.915. The Morgan fingerprint density at radius 1 is 1.22 bits per heavy atom. The van der Waals surface area contributed by atoms with Crippen molar-refractivity contribution in [2.24, 2.45) is 0 Å². The molecule has 1 N–H and O–H groups in total. The van der Waals surface area contributed by atoms with Crippen LogP contribution in [-0.4, -0.2) is 35.0 Å². The van der Waals surface area contributed by atoms with Crippen LogP contribution < -0.4 is 5.32 Å². The number of benzene rings is 1. The summed E-state index contributed by atoms with van der Waals surface area (Å²) in [5.74, 6) is -1.87. The third-order valence-corrected chi connectivity index (χ3v) is 5.14. The van der Waals surface area contributed by atoms with Crippen molar-refractivity contribution < 1.29 is 28.8 Å². The normalized spacial score (nSPS) is 11.3. The van der Waals surface area contributed by atoms with Gasteiger partial charge in [0.15, 0.2) is 0 Å². The van der Waals surface area contributed by atoms with Gasteiger partial charge in [-0.05, 0) is 51.8 Å². The van der Waals surface area contributed by atoms with Crippen molar-refractivity contribution in [3.63, 3.8) is 0 Å². The summed E-state index contributed by atoms with van der Waals surface area (Å²) in [7, 11) is 0. The van der Waals surface area contributed by atoms with Crippen molar-refractivity contribution in [1.82, 2.24) is 0 Å². The topological polar surface area (TPSA) is 125 Å². The number of carbonyl (C=O) groups is 3. The Hall–Kier alpha value is -3.53. The van der Waals surface area contributed by atoms with Gasteiger partial charge in [-0.25, -0.2) is 9.59 Å². The van der Waals surface area contributed by atoms with Crippen molar-refractivity contribution in [1.29, 1.82) is 0 Å². The zero-order chi connectivity index (χ0) is 24.1. The number of amides is 1. The van der Waals surface area contributed by atoms with Crippen LogP contribution >= 0.6 is 11.3 Å². The molecule has 0 aliphatic carbocycles. The first kappa shape index (κ1) is 24.7. The van der Waals surface area contributed by atoms with Gasteiger partial charge in [-0.2, -0.15) is 0 Å². The lowest BCUT2D eigenvalue weighted by atomic mass is 10.1. The van der Waals surface area contributed by atoms with Crippen LogP contribution in [0.4, 0.5) is 10.7 Å². The van der Waals surface area contributed by atoms with Gasteiger partial charge in [-0.15, -0.1) is 11.3 Å². The summed E-state index contributed by atoms with van der Waals surface area (Å²) in [5, 5.41) is 13.6. The van der Waals surface area contributed by atoms with Gasteiger partial charge in [-0.1, -0.05) is 12.1 Å². The minimum Gasteiger partial charge on any atom is -0.462 e. The van der Waals surface area contributed by atoms with Gasteiger partial charge in [0.2, 0.25) is 5.91 Å². The van der Waals surface area contributed by atoms with Crippen LogP contribution in [0.15, 0.2) is 30.3 Å². The Morgan fingerprint density at radius 2 is 1.91 bits per heavy atom. The lowest BCUT2D eigenvalue weighted by molar-refractivity contribution is -0.384. The molecule has 0 fully saturated rings. The Kier molecular flexibility index (Phi) is 7.87. The number of nitrogens with zero attached hydrogens (tertiary/aromatic N) is 1. The van der Waals surface area contributed by atoms with Gasteiger partial charge in [0.1, 0.15) is 15.5 Å². The molecule has 0 spiro atoms. The van der Waals surface area contributed by atoms with Gasteiger partial charge < -0.3 is 14.8 Å². The summed E-state index contributed by atoms with van der Waals surface area (Å²) in [6, 6.07) is 5.78. The highest BCUT2D eigenvalue weighted by Crippen LogP contribution is 2.35. The summed E-state index contributed by atoms with van der Waals surface area (Å²) < 4.78 is 10.5. The molecule has 1 amide bonds. The highest BCUT2D eigenvalue weighted by molar-refractivity contribution is 7.18. The van der Waals surface area contributed by atoms with Gasteiger partial charge in [0.25, 0.3) is 5.69 Å². The van der Waals surface area contributed by atoms with E-state index >= 15 is 0 Å². The van der Waals surface area contributed by atoms with Gasteiger partial charge >= 0.3 is 11.9 Å². The number of esters is 2. The number of non-ortho nitro benzene ring substituents is 1. The van der Waals surface area contributed by atoms with Crippen molar-refractivity contribution in [2.75, 3.05) is 11.9 Å². The molecular weight excluding hydrogens is 436 g/mol. The van der Waals surface area contributed by atoms with E-state index in [0.29, 0.717) is 11.1 Å². The molecule has 0 saturated heterocycles. The molecule has 0 aliphatic rings. The summed E-state index contributed by atoms with van der Waals surface area (Å²) in [5.41, 5.74) is 0.0440. The molecule has 9 nitrogen and oxygen atoms in total. The van der Waals surface area contributed by atoms with E-state index in [9.17, 15) is 24.5 Å². The Bertz CT molecular complexity index is 1080. The van der Waals surface area contributed by atoms with Crippen molar-refractivity contribution in [3.05, 3.63) is 62.0 Å². The fourth-order valence-electron chi connectivity index (χ4n) is 2.64. The predicted molar refractivity (Wildman–Crippen MR) is 121 cm³/mol. The second kappa shape index (κ2) is 10.2. The van der Waals surface area contributed by atoms with Crippen molar-refractivity contribution >= 4 is 45.9 Å². The monoisotopic (exact) mass is 460 g/mol. The van der Waals surface area contributed by atoms with Crippen molar-refractivity contribution in [3.8, 4) is 0 Å². The Labute approximate surface area is 189 Å². The molecule has 1 heterocycles. The number of hydrogen-bond acceptors (Lipinski definition) is 8. The number of hydrogen-bond donors (Lipinski definition) is 1. The van der Waals surface area contributed by atoms with Gasteiger partial charge in [0.05, 0.1) is 17.1 Å². The minimum absolute atomic E-state index is 0.0785. The lowest BCUT2D eigenvalue weighted by Crippen LogP contribution is -2.23. The van der Waals surface area contributed by atoms with Crippen LogP contribution in [0.25, 0.3) is 6.08 Å². The highest BCUT2D eigenvalue weighted by Gasteiger charge is 2.29. The van der Waals surface area contributed by atoms with Crippen molar-refractivity contribution in [2.45, 2.75) is 40.2 Å². The molecule has 2 rings (SSSR count). The van der Waals surface area contributed by atoms with E-state index in [0.717, 1.165) is 11.3 Å². The van der Waals surface area contributed by atoms with Gasteiger partial charge in [0, 0.05) is 18.2 Å². The van der Waals surface area contributed by atoms with E-state index in [-0.39, 0.29) is 27.7 Å². The maximum atomic E-state index is 12.6. The zero-order valence-corrected chi connectivity index (χ0v) is 19.2. The zero-order valence-electron chi connectivity index (χ0n) is 18.4. The number of nitrogens with one attached hydrogen (secondary N) is 1. The van der Waals surface area contributed by atoms with Gasteiger partial charge in [-0.3, -0.25) is 14.9 Å². The lowest BCUT2D eigenvalue weighted by Gasteiger charge is -2.19. The number of ether oxygens (including phenoxy) is 2. The van der Waals surface area contributed by atoms with Crippen LogP contribution in [-0.2, 0) is 14.3 Å². The predicted octanol–water partition coefficient (Wildman–Crippen LogP) is 4.75. The quantitative estimate of drug-likeness (QED) is 0.274. The first-order chi connectivity index (χ1) is 14.9. The maximum absolute atomic E-state index is 12.6. The Balaban J connectivity index is 2.32. The summed E-state index contributed by atoms with van der Waals surface area (Å²) in [6.07, 6.45) is 2.58. The largest absolute Gasteiger partial charge is 0.462 e. The van der Waals surface area contributed by atoms with E-state index in [2.05, 4.69) is 5.32 Å². The first-order valence-corrected chi connectivity index (χ1v) is 10.5. The van der Waals surface area contributed by atoms with E-state index in [1.54, 1.807) is 40.7 Å². The second-order valence-electron chi connectivity index (χ2n) is 7.66. The average Bonchev–Trinajstić information content (AvgIpc) is 3.01. The van der Waals surface area contributed by atoms with E-state index in [1.807, 2.05) is 0 Å². The molecular formula is C22H24N2O7S. The van der Waals surface area contributed by atoms with Crippen LogP contribution in [0.1, 0.15) is 58.9 Å². The highest BCUT2D eigenvalue weighted by atomic mass is 32.1. The SMILES string of the molecule is CCOC(=O)c1c(NC(=O)C=Cc2cccc([N+](=O)[O-])c2)sc(C(=O)OC(C)(C)C)c1C. The number of carbonyl (C=O) groups excluding carboxylic acids is 3. The number of nitro groups is 1.